The quantitative estimate of drug-likeness (QED) is 0.908. The third-order valence-corrected chi connectivity index (χ3v) is 3.63. The van der Waals surface area contributed by atoms with E-state index in [1.54, 1.807) is 12.1 Å². The van der Waals surface area contributed by atoms with Crippen molar-refractivity contribution < 1.29 is 9.13 Å². The van der Waals surface area contributed by atoms with Gasteiger partial charge in [-0.25, -0.2) is 4.39 Å². The summed E-state index contributed by atoms with van der Waals surface area (Å²) in [6, 6.07) is 14.1. The largest absolute Gasteiger partial charge is 0.367 e. The lowest BCUT2D eigenvalue weighted by molar-refractivity contribution is 0.0453. The minimum Gasteiger partial charge on any atom is -0.367 e. The molecule has 0 fully saturated rings. The standard InChI is InChI=1S/C15H15BrFNO/c16-14-4-2-1-3-12(14)10-19-15(9-18)11-5-7-13(17)8-6-11/h1-8,15H,9-10,18H2. The van der Waals surface area contributed by atoms with Crippen LogP contribution >= 0.6 is 15.9 Å². The molecule has 2 aromatic rings. The zero-order valence-electron chi connectivity index (χ0n) is 10.4. The molecule has 0 amide bonds. The van der Waals surface area contributed by atoms with Crippen LogP contribution in [0.1, 0.15) is 17.2 Å². The Morgan fingerprint density at radius 2 is 1.79 bits per heavy atom. The Morgan fingerprint density at radius 1 is 1.11 bits per heavy atom. The summed E-state index contributed by atoms with van der Waals surface area (Å²) in [6.45, 7) is 0.816. The Kier molecular flexibility index (Phi) is 5.07. The zero-order valence-corrected chi connectivity index (χ0v) is 11.9. The van der Waals surface area contributed by atoms with E-state index in [0.717, 1.165) is 15.6 Å². The second kappa shape index (κ2) is 6.80. The van der Waals surface area contributed by atoms with Crippen molar-refractivity contribution in [3.8, 4) is 0 Å². The molecule has 2 rings (SSSR count). The summed E-state index contributed by atoms with van der Waals surface area (Å²) < 4.78 is 19.7. The first-order chi connectivity index (χ1) is 9.20. The lowest BCUT2D eigenvalue weighted by atomic mass is 10.1. The van der Waals surface area contributed by atoms with Gasteiger partial charge in [0.25, 0.3) is 0 Å². The van der Waals surface area contributed by atoms with E-state index in [4.69, 9.17) is 10.5 Å². The van der Waals surface area contributed by atoms with Gasteiger partial charge in [-0.2, -0.15) is 0 Å². The topological polar surface area (TPSA) is 35.2 Å². The molecule has 0 aliphatic heterocycles. The van der Waals surface area contributed by atoms with Crippen molar-refractivity contribution in [2.24, 2.45) is 5.73 Å². The number of hydrogen-bond acceptors (Lipinski definition) is 2. The van der Waals surface area contributed by atoms with Crippen LogP contribution in [0, 0.1) is 5.82 Å². The zero-order chi connectivity index (χ0) is 13.7. The van der Waals surface area contributed by atoms with Gasteiger partial charge in [0.1, 0.15) is 5.82 Å². The van der Waals surface area contributed by atoms with Gasteiger partial charge in [-0.1, -0.05) is 46.3 Å². The molecule has 0 aliphatic rings. The van der Waals surface area contributed by atoms with Crippen LogP contribution in [0.25, 0.3) is 0 Å². The molecular weight excluding hydrogens is 309 g/mol. The number of rotatable bonds is 5. The summed E-state index contributed by atoms with van der Waals surface area (Å²) in [4.78, 5) is 0. The SMILES string of the molecule is NCC(OCc1ccccc1Br)c1ccc(F)cc1. The molecule has 4 heteroatoms. The third-order valence-electron chi connectivity index (χ3n) is 2.85. The van der Waals surface area contributed by atoms with Gasteiger partial charge in [0.05, 0.1) is 12.7 Å². The number of hydrogen-bond donors (Lipinski definition) is 1. The molecular formula is C15H15BrFNO. The van der Waals surface area contributed by atoms with Gasteiger partial charge in [0.2, 0.25) is 0 Å². The summed E-state index contributed by atoms with van der Waals surface area (Å²) in [5.74, 6) is -0.259. The van der Waals surface area contributed by atoms with E-state index in [-0.39, 0.29) is 11.9 Å². The van der Waals surface area contributed by atoms with E-state index in [1.165, 1.54) is 12.1 Å². The molecule has 0 spiro atoms. The molecule has 0 saturated carbocycles. The van der Waals surface area contributed by atoms with E-state index in [1.807, 2.05) is 24.3 Å². The fourth-order valence-corrected chi connectivity index (χ4v) is 2.18. The lowest BCUT2D eigenvalue weighted by Gasteiger charge is -2.17. The summed E-state index contributed by atoms with van der Waals surface area (Å²) in [5, 5.41) is 0. The first kappa shape index (κ1) is 14.2. The van der Waals surface area contributed by atoms with Crippen LogP contribution in [-0.2, 0) is 11.3 Å². The van der Waals surface area contributed by atoms with Crippen LogP contribution in [0.2, 0.25) is 0 Å². The molecule has 2 N–H and O–H groups in total. The molecule has 1 atom stereocenters. The van der Waals surface area contributed by atoms with Crippen LogP contribution in [0.5, 0.6) is 0 Å². The van der Waals surface area contributed by atoms with Crippen molar-refractivity contribution in [2.75, 3.05) is 6.54 Å². The van der Waals surface area contributed by atoms with E-state index in [9.17, 15) is 4.39 Å². The minimum absolute atomic E-state index is 0.229. The van der Waals surface area contributed by atoms with Crippen LogP contribution in [0.4, 0.5) is 4.39 Å². The van der Waals surface area contributed by atoms with Crippen molar-refractivity contribution in [1.29, 1.82) is 0 Å². The number of ether oxygens (including phenoxy) is 1. The fourth-order valence-electron chi connectivity index (χ4n) is 1.78. The molecule has 0 bridgehead atoms. The number of benzene rings is 2. The van der Waals surface area contributed by atoms with Gasteiger partial charge in [-0.05, 0) is 29.3 Å². The summed E-state index contributed by atoms with van der Waals surface area (Å²) in [6.07, 6.45) is -0.229. The molecule has 0 heterocycles. The van der Waals surface area contributed by atoms with Crippen LogP contribution in [-0.4, -0.2) is 6.54 Å². The molecule has 100 valence electrons. The van der Waals surface area contributed by atoms with Crippen molar-refractivity contribution in [2.45, 2.75) is 12.7 Å². The number of nitrogens with two attached hydrogens (primary N) is 1. The van der Waals surface area contributed by atoms with Gasteiger partial charge in [-0.15, -0.1) is 0 Å². The Bertz CT molecular complexity index is 530. The van der Waals surface area contributed by atoms with E-state index in [2.05, 4.69) is 15.9 Å². The molecule has 0 radical (unpaired) electrons. The second-order valence-corrected chi connectivity index (χ2v) is 5.03. The minimum atomic E-state index is -0.259. The molecule has 0 saturated heterocycles. The summed E-state index contributed by atoms with van der Waals surface area (Å²) >= 11 is 3.47. The molecule has 0 aliphatic carbocycles. The van der Waals surface area contributed by atoms with Crippen molar-refractivity contribution in [1.82, 2.24) is 0 Å². The maximum Gasteiger partial charge on any atom is 0.123 e. The Hall–Kier alpha value is -1.23. The highest BCUT2D eigenvalue weighted by Crippen LogP contribution is 2.22. The molecule has 0 aromatic heterocycles. The fraction of sp³-hybridized carbons (Fsp3) is 0.200. The molecule has 19 heavy (non-hydrogen) atoms. The first-order valence-electron chi connectivity index (χ1n) is 6.01. The maximum absolute atomic E-state index is 12.9. The van der Waals surface area contributed by atoms with Gasteiger partial charge in [0, 0.05) is 11.0 Å². The molecule has 2 nitrogen and oxygen atoms in total. The first-order valence-corrected chi connectivity index (χ1v) is 6.80. The third kappa shape index (κ3) is 3.86. The maximum atomic E-state index is 12.9. The lowest BCUT2D eigenvalue weighted by Crippen LogP contribution is -2.16. The van der Waals surface area contributed by atoms with Crippen molar-refractivity contribution >= 4 is 15.9 Å². The second-order valence-electron chi connectivity index (χ2n) is 4.18. The molecule has 1 unspecified atom stereocenters. The normalized spacial score (nSPS) is 12.4. The Balaban J connectivity index is 2.04. The molecule has 2 aromatic carbocycles. The summed E-state index contributed by atoms with van der Waals surface area (Å²) in [7, 11) is 0. The van der Waals surface area contributed by atoms with Gasteiger partial charge in [-0.3, -0.25) is 0 Å². The van der Waals surface area contributed by atoms with E-state index >= 15 is 0 Å². The smallest absolute Gasteiger partial charge is 0.123 e. The van der Waals surface area contributed by atoms with Crippen LogP contribution < -0.4 is 5.73 Å². The van der Waals surface area contributed by atoms with Gasteiger partial charge < -0.3 is 10.5 Å². The predicted molar refractivity (Wildman–Crippen MR) is 77.1 cm³/mol. The van der Waals surface area contributed by atoms with Crippen molar-refractivity contribution in [3.05, 3.63) is 69.9 Å². The average Bonchev–Trinajstić information content (AvgIpc) is 2.43. The van der Waals surface area contributed by atoms with Gasteiger partial charge >= 0.3 is 0 Å². The monoisotopic (exact) mass is 323 g/mol. The Morgan fingerprint density at radius 3 is 2.42 bits per heavy atom. The highest BCUT2D eigenvalue weighted by molar-refractivity contribution is 9.10. The highest BCUT2D eigenvalue weighted by Gasteiger charge is 2.11. The van der Waals surface area contributed by atoms with Crippen molar-refractivity contribution in [3.63, 3.8) is 0 Å². The average molecular weight is 324 g/mol. The predicted octanol–water partition coefficient (Wildman–Crippen LogP) is 3.80. The van der Waals surface area contributed by atoms with E-state index < -0.39 is 0 Å². The van der Waals surface area contributed by atoms with Crippen LogP contribution in [0.3, 0.4) is 0 Å². The van der Waals surface area contributed by atoms with E-state index in [0.29, 0.717) is 13.2 Å². The Labute approximate surface area is 120 Å². The highest BCUT2D eigenvalue weighted by atomic mass is 79.9. The van der Waals surface area contributed by atoms with Gasteiger partial charge in [0.15, 0.2) is 0 Å². The summed E-state index contributed by atoms with van der Waals surface area (Å²) in [5.41, 5.74) is 7.66. The van der Waals surface area contributed by atoms with Crippen LogP contribution in [0.15, 0.2) is 53.0 Å². The number of halogens is 2.